The number of nitrogens with one attached hydrogen (secondary N) is 1. The number of amides is 1. The molecule has 164 valence electrons. The minimum absolute atomic E-state index is 0.0272. The minimum Gasteiger partial charge on any atom is -0.490 e. The van der Waals surface area contributed by atoms with E-state index in [1.54, 1.807) is 12.1 Å². The molecule has 4 atom stereocenters. The van der Waals surface area contributed by atoms with E-state index in [-0.39, 0.29) is 23.7 Å². The third-order valence-electron chi connectivity index (χ3n) is 6.82. The van der Waals surface area contributed by atoms with Gasteiger partial charge in [-0.25, -0.2) is 4.39 Å². The summed E-state index contributed by atoms with van der Waals surface area (Å²) in [7, 11) is 0. The Morgan fingerprint density at radius 3 is 2.81 bits per heavy atom. The lowest BCUT2D eigenvalue weighted by Gasteiger charge is -2.25. The number of ether oxygens (including phenoxy) is 1. The van der Waals surface area contributed by atoms with Crippen LogP contribution in [0.15, 0.2) is 42.5 Å². The van der Waals surface area contributed by atoms with Gasteiger partial charge in [0.25, 0.3) is 0 Å². The van der Waals surface area contributed by atoms with Gasteiger partial charge in [-0.05, 0) is 54.3 Å². The number of aliphatic hydroxyl groups is 2. The van der Waals surface area contributed by atoms with Crippen LogP contribution < -0.4 is 10.1 Å². The van der Waals surface area contributed by atoms with Crippen molar-refractivity contribution in [3.8, 4) is 5.75 Å². The fraction of sp³-hybridized carbons (Fsp3) is 0.458. The molecule has 0 radical (unpaired) electrons. The molecule has 1 amide bonds. The lowest BCUT2D eigenvalue weighted by atomic mass is 9.95. The summed E-state index contributed by atoms with van der Waals surface area (Å²) in [5.74, 6) is 0.432. The van der Waals surface area contributed by atoms with Crippen molar-refractivity contribution in [2.75, 3.05) is 25.0 Å². The average Bonchev–Trinajstić information content (AvgIpc) is 3.19. The monoisotopic (exact) mass is 426 g/mol. The van der Waals surface area contributed by atoms with Crippen molar-refractivity contribution < 1.29 is 24.1 Å². The minimum atomic E-state index is -0.829. The highest BCUT2D eigenvalue weighted by atomic mass is 19.1. The van der Waals surface area contributed by atoms with Crippen LogP contribution in [0.5, 0.6) is 5.75 Å². The van der Waals surface area contributed by atoms with E-state index >= 15 is 0 Å². The van der Waals surface area contributed by atoms with Gasteiger partial charge in [0.15, 0.2) is 0 Å². The number of carbonyl (C=O) groups excluding carboxylic acids is 1. The first-order chi connectivity index (χ1) is 14.9. The molecule has 1 aliphatic carbocycles. The van der Waals surface area contributed by atoms with Crippen LogP contribution in [0.4, 0.5) is 10.1 Å². The van der Waals surface area contributed by atoms with Gasteiger partial charge in [-0.1, -0.05) is 12.1 Å². The van der Waals surface area contributed by atoms with E-state index in [1.165, 1.54) is 12.1 Å². The summed E-state index contributed by atoms with van der Waals surface area (Å²) in [6, 6.07) is 11.6. The third kappa shape index (κ3) is 4.18. The maximum Gasteiger partial charge on any atom is 0.224 e. The number of hydrogen-bond donors (Lipinski definition) is 3. The van der Waals surface area contributed by atoms with E-state index in [1.807, 2.05) is 18.2 Å². The fourth-order valence-electron chi connectivity index (χ4n) is 5.28. The smallest absolute Gasteiger partial charge is 0.224 e. The number of rotatable bonds is 5. The molecule has 1 unspecified atom stereocenters. The van der Waals surface area contributed by atoms with Gasteiger partial charge >= 0.3 is 0 Å². The zero-order chi connectivity index (χ0) is 21.6. The number of anilines is 1. The number of aliphatic hydroxyl groups excluding tert-OH is 1. The Morgan fingerprint density at radius 2 is 2.03 bits per heavy atom. The summed E-state index contributed by atoms with van der Waals surface area (Å²) in [6.07, 6.45) is 1.66. The van der Waals surface area contributed by atoms with Crippen LogP contribution in [0.1, 0.15) is 36.5 Å². The predicted octanol–water partition coefficient (Wildman–Crippen LogP) is 2.65. The Kier molecular flexibility index (Phi) is 5.20. The second-order valence-electron chi connectivity index (χ2n) is 9.11. The molecule has 7 heteroatoms. The molecule has 2 fully saturated rings. The predicted molar refractivity (Wildman–Crippen MR) is 113 cm³/mol. The maximum atomic E-state index is 13.1. The molecule has 2 heterocycles. The van der Waals surface area contributed by atoms with Crippen LogP contribution in [-0.4, -0.2) is 52.4 Å². The van der Waals surface area contributed by atoms with Gasteiger partial charge < -0.3 is 20.3 Å². The summed E-state index contributed by atoms with van der Waals surface area (Å²) in [5.41, 5.74) is 1.87. The first-order valence-corrected chi connectivity index (χ1v) is 10.9. The highest BCUT2D eigenvalue weighted by molar-refractivity contribution is 5.93. The number of hydrogen-bond acceptors (Lipinski definition) is 5. The summed E-state index contributed by atoms with van der Waals surface area (Å²) in [5, 5.41) is 24.8. The van der Waals surface area contributed by atoms with Crippen LogP contribution in [0.2, 0.25) is 0 Å². The van der Waals surface area contributed by atoms with Gasteiger partial charge in [0.2, 0.25) is 5.91 Å². The lowest BCUT2D eigenvalue weighted by molar-refractivity contribution is -0.116. The number of likely N-dealkylation sites (tertiary alicyclic amines) is 1. The molecule has 0 aromatic heterocycles. The molecule has 6 nitrogen and oxygen atoms in total. The number of benzene rings is 2. The number of fused-ring (bicyclic) bond motifs is 2. The number of halogens is 1. The van der Waals surface area contributed by atoms with E-state index in [9.17, 15) is 19.4 Å². The van der Waals surface area contributed by atoms with E-state index in [0.29, 0.717) is 44.6 Å². The Morgan fingerprint density at radius 1 is 1.23 bits per heavy atom. The van der Waals surface area contributed by atoms with Gasteiger partial charge in [0, 0.05) is 44.1 Å². The van der Waals surface area contributed by atoms with E-state index in [0.717, 1.165) is 23.2 Å². The standard InChI is InChI=1S/C24H27FN2O4/c25-18-3-5-19(6-4-18)31-20-10-17-12-27(14-24(17,30)11-20)13-22(28)16-1-7-21-15(9-16)2-8-23(29)26-21/h1,3-7,9,17,20,22,28,30H,2,8,10-14H2,(H,26,29)/t17-,20+,22?,24-/m0/s1. The van der Waals surface area contributed by atoms with Crippen molar-refractivity contribution in [1.82, 2.24) is 4.90 Å². The molecule has 2 aliphatic heterocycles. The van der Waals surface area contributed by atoms with Crippen molar-refractivity contribution in [2.24, 2.45) is 5.92 Å². The average molecular weight is 426 g/mol. The number of carbonyl (C=O) groups is 1. The topological polar surface area (TPSA) is 82.0 Å². The Labute approximate surface area is 180 Å². The van der Waals surface area contributed by atoms with Crippen molar-refractivity contribution in [1.29, 1.82) is 0 Å². The van der Waals surface area contributed by atoms with Gasteiger partial charge in [0.1, 0.15) is 17.7 Å². The zero-order valence-electron chi connectivity index (χ0n) is 17.3. The highest BCUT2D eigenvalue weighted by Crippen LogP contribution is 2.43. The van der Waals surface area contributed by atoms with E-state index in [2.05, 4.69) is 10.2 Å². The third-order valence-corrected chi connectivity index (χ3v) is 6.82. The quantitative estimate of drug-likeness (QED) is 0.685. The zero-order valence-corrected chi connectivity index (χ0v) is 17.3. The van der Waals surface area contributed by atoms with Crippen molar-refractivity contribution in [3.63, 3.8) is 0 Å². The highest BCUT2D eigenvalue weighted by Gasteiger charge is 2.52. The number of aryl methyl sites for hydroxylation is 1. The second-order valence-corrected chi connectivity index (χ2v) is 9.11. The van der Waals surface area contributed by atoms with E-state index in [4.69, 9.17) is 4.74 Å². The van der Waals surface area contributed by atoms with Crippen molar-refractivity contribution >= 4 is 11.6 Å². The second kappa shape index (κ2) is 7.89. The normalized spacial score (nSPS) is 28.7. The fourth-order valence-corrected chi connectivity index (χ4v) is 5.28. The van der Waals surface area contributed by atoms with Crippen molar-refractivity contribution in [3.05, 3.63) is 59.4 Å². The molecular formula is C24H27FN2O4. The van der Waals surface area contributed by atoms with Crippen LogP contribution in [-0.2, 0) is 11.2 Å². The molecule has 3 aliphatic rings. The first kappa shape index (κ1) is 20.4. The first-order valence-electron chi connectivity index (χ1n) is 10.9. The van der Waals surface area contributed by atoms with Crippen LogP contribution in [0.25, 0.3) is 0 Å². The SMILES string of the molecule is O=C1CCc2cc(C(O)CN3C[C@@H]4C[C@@H](Oc5ccc(F)cc5)C[C@]4(O)C3)ccc2N1. The summed E-state index contributed by atoms with van der Waals surface area (Å²) < 4.78 is 19.0. The number of nitrogens with zero attached hydrogens (tertiary/aromatic N) is 1. The Bertz CT molecular complexity index is 982. The molecule has 1 saturated carbocycles. The number of β-amino-alcohol motifs (C(OH)–C–C–N with tert-alkyl or cyclic N) is 2. The molecule has 3 N–H and O–H groups in total. The maximum absolute atomic E-state index is 13.1. The van der Waals surface area contributed by atoms with E-state index < -0.39 is 11.7 Å². The summed E-state index contributed by atoms with van der Waals surface area (Å²) in [4.78, 5) is 13.6. The van der Waals surface area contributed by atoms with Gasteiger partial charge in [-0.2, -0.15) is 0 Å². The molecule has 5 rings (SSSR count). The van der Waals surface area contributed by atoms with Gasteiger partial charge in [-0.15, -0.1) is 0 Å². The molecule has 2 aromatic carbocycles. The Balaban J connectivity index is 1.18. The molecule has 2 aromatic rings. The molecule has 0 spiro atoms. The van der Waals surface area contributed by atoms with Crippen LogP contribution in [0.3, 0.4) is 0 Å². The largest absolute Gasteiger partial charge is 0.490 e. The molecular weight excluding hydrogens is 399 g/mol. The Hall–Kier alpha value is -2.48. The van der Waals surface area contributed by atoms with Crippen LogP contribution >= 0.6 is 0 Å². The lowest BCUT2D eigenvalue weighted by Crippen LogP contribution is -2.36. The van der Waals surface area contributed by atoms with Gasteiger partial charge in [-0.3, -0.25) is 9.69 Å². The molecule has 0 bridgehead atoms. The molecule has 31 heavy (non-hydrogen) atoms. The molecule has 1 saturated heterocycles. The van der Waals surface area contributed by atoms with Gasteiger partial charge in [0.05, 0.1) is 11.7 Å². The van der Waals surface area contributed by atoms with Crippen molar-refractivity contribution in [2.45, 2.75) is 43.5 Å². The summed E-state index contributed by atoms with van der Waals surface area (Å²) >= 11 is 0. The van der Waals surface area contributed by atoms with Crippen LogP contribution in [0, 0.1) is 11.7 Å². The summed E-state index contributed by atoms with van der Waals surface area (Å²) in [6.45, 7) is 1.66.